The normalized spacial score (nSPS) is 11.3. The molecule has 2 aromatic carbocycles. The number of hydrogen-bond donors (Lipinski definition) is 0. The van der Waals surface area contributed by atoms with Crippen molar-refractivity contribution in [2.24, 2.45) is 7.05 Å². The first-order valence-corrected chi connectivity index (χ1v) is 6.94. The van der Waals surface area contributed by atoms with Crippen LogP contribution in [0.4, 0.5) is 0 Å². The maximum atomic E-state index is 6.05. The van der Waals surface area contributed by atoms with Crippen LogP contribution in [0.1, 0.15) is 0 Å². The predicted molar refractivity (Wildman–Crippen MR) is 84.3 cm³/mol. The van der Waals surface area contributed by atoms with Gasteiger partial charge in [-0.3, -0.25) is 4.98 Å². The summed E-state index contributed by atoms with van der Waals surface area (Å²) < 4.78 is 1.99. The Labute approximate surface area is 126 Å². The Morgan fingerprint density at radius 1 is 0.952 bits per heavy atom. The van der Waals surface area contributed by atoms with E-state index in [1.165, 1.54) is 0 Å². The molecule has 0 bridgehead atoms. The molecule has 0 fully saturated rings. The summed E-state index contributed by atoms with van der Waals surface area (Å²) in [6, 6.07) is 13.5. The van der Waals surface area contributed by atoms with E-state index in [4.69, 9.17) is 11.6 Å². The van der Waals surface area contributed by atoms with Crippen molar-refractivity contribution in [2.45, 2.75) is 0 Å². The Morgan fingerprint density at radius 2 is 1.76 bits per heavy atom. The number of hydrogen-bond acceptors (Lipinski definition) is 3. The molecule has 0 spiro atoms. The van der Waals surface area contributed by atoms with E-state index in [-0.39, 0.29) is 0 Å². The Bertz CT molecular complexity index is 975. The van der Waals surface area contributed by atoms with E-state index in [0.29, 0.717) is 5.02 Å². The van der Waals surface area contributed by atoms with Crippen LogP contribution in [0.3, 0.4) is 0 Å². The monoisotopic (exact) mass is 294 g/mol. The van der Waals surface area contributed by atoms with Gasteiger partial charge in [0, 0.05) is 12.1 Å². The van der Waals surface area contributed by atoms with Gasteiger partial charge < -0.3 is 4.57 Å². The van der Waals surface area contributed by atoms with Gasteiger partial charge in [-0.2, -0.15) is 0 Å². The quantitative estimate of drug-likeness (QED) is 0.536. The van der Waals surface area contributed by atoms with Gasteiger partial charge in [0.05, 0.1) is 28.3 Å². The summed E-state index contributed by atoms with van der Waals surface area (Å²) >= 11 is 6.05. The van der Waals surface area contributed by atoms with E-state index in [1.807, 2.05) is 54.1 Å². The van der Waals surface area contributed by atoms with E-state index >= 15 is 0 Å². The molecule has 0 aliphatic heterocycles. The minimum atomic E-state index is 0.696. The molecule has 21 heavy (non-hydrogen) atoms. The zero-order valence-electron chi connectivity index (χ0n) is 11.3. The van der Waals surface area contributed by atoms with Gasteiger partial charge in [0.25, 0.3) is 0 Å². The van der Waals surface area contributed by atoms with Crippen molar-refractivity contribution >= 4 is 33.7 Å². The Kier molecular flexibility index (Phi) is 2.65. The predicted octanol–water partition coefficient (Wildman–Crippen LogP) is 3.84. The molecule has 4 rings (SSSR count). The molecule has 5 heteroatoms. The number of aryl methyl sites for hydroxylation is 1. The molecule has 0 radical (unpaired) electrons. The van der Waals surface area contributed by atoms with Crippen LogP contribution < -0.4 is 0 Å². The lowest BCUT2D eigenvalue weighted by molar-refractivity contribution is 0.950. The molecule has 0 aliphatic rings. The first-order valence-electron chi connectivity index (χ1n) is 6.56. The lowest BCUT2D eigenvalue weighted by Crippen LogP contribution is -1.96. The second-order valence-electron chi connectivity index (χ2n) is 4.87. The highest BCUT2D eigenvalue weighted by Gasteiger charge is 2.12. The summed E-state index contributed by atoms with van der Waals surface area (Å²) in [7, 11) is 1.96. The Morgan fingerprint density at radius 3 is 2.62 bits per heavy atom. The molecule has 0 saturated carbocycles. The number of halogens is 1. The van der Waals surface area contributed by atoms with Gasteiger partial charge in [-0.05, 0) is 30.3 Å². The molecule has 0 atom stereocenters. The van der Waals surface area contributed by atoms with E-state index in [1.54, 1.807) is 6.20 Å². The van der Waals surface area contributed by atoms with E-state index in [0.717, 1.165) is 33.6 Å². The smallest absolute Gasteiger partial charge is 0.161 e. The van der Waals surface area contributed by atoms with Gasteiger partial charge in [-0.25, -0.2) is 9.97 Å². The molecule has 0 N–H and O–H groups in total. The number of rotatable bonds is 1. The third kappa shape index (κ3) is 1.96. The lowest BCUT2D eigenvalue weighted by atomic mass is 10.3. The van der Waals surface area contributed by atoms with Crippen molar-refractivity contribution in [2.75, 3.05) is 0 Å². The standard InChI is InChI=1S/C16H11ClN4/c1-21-15-8-10(17)6-7-13(15)20-16(21)14-9-18-11-4-2-3-5-12(11)19-14/h2-9H,1H3. The number of para-hydroxylation sites is 2. The van der Waals surface area contributed by atoms with Gasteiger partial charge in [0.1, 0.15) is 5.69 Å². The molecular weight excluding hydrogens is 284 g/mol. The molecular formula is C16H11ClN4. The van der Waals surface area contributed by atoms with Crippen LogP contribution in [0.25, 0.3) is 33.6 Å². The van der Waals surface area contributed by atoms with Gasteiger partial charge >= 0.3 is 0 Å². The highest BCUT2D eigenvalue weighted by atomic mass is 35.5. The fourth-order valence-electron chi connectivity index (χ4n) is 2.46. The van der Waals surface area contributed by atoms with Crippen LogP contribution in [-0.4, -0.2) is 19.5 Å². The molecule has 2 aromatic heterocycles. The fraction of sp³-hybridized carbons (Fsp3) is 0.0625. The molecule has 0 amide bonds. The molecule has 0 unspecified atom stereocenters. The van der Waals surface area contributed by atoms with Crippen LogP contribution >= 0.6 is 11.6 Å². The summed E-state index contributed by atoms with van der Waals surface area (Å²) in [6.07, 6.45) is 1.76. The maximum Gasteiger partial charge on any atom is 0.161 e. The molecule has 102 valence electrons. The molecule has 4 nitrogen and oxygen atoms in total. The third-order valence-electron chi connectivity index (χ3n) is 3.52. The summed E-state index contributed by atoms with van der Waals surface area (Å²) in [5, 5.41) is 0.696. The molecule has 0 aliphatic carbocycles. The van der Waals surface area contributed by atoms with E-state index in [2.05, 4.69) is 15.0 Å². The number of aromatic nitrogens is 4. The molecule has 2 heterocycles. The Hall–Kier alpha value is -2.46. The fourth-order valence-corrected chi connectivity index (χ4v) is 2.62. The average Bonchev–Trinajstić information content (AvgIpc) is 2.84. The van der Waals surface area contributed by atoms with Crippen molar-refractivity contribution in [1.82, 2.24) is 19.5 Å². The maximum absolute atomic E-state index is 6.05. The largest absolute Gasteiger partial charge is 0.326 e. The van der Waals surface area contributed by atoms with E-state index < -0.39 is 0 Å². The van der Waals surface area contributed by atoms with Crippen molar-refractivity contribution in [3.8, 4) is 11.5 Å². The zero-order chi connectivity index (χ0) is 14.4. The first kappa shape index (κ1) is 12.3. The molecule has 4 aromatic rings. The topological polar surface area (TPSA) is 43.6 Å². The van der Waals surface area contributed by atoms with Gasteiger partial charge in [-0.1, -0.05) is 23.7 Å². The number of fused-ring (bicyclic) bond motifs is 2. The van der Waals surface area contributed by atoms with Crippen LogP contribution in [-0.2, 0) is 7.05 Å². The number of imidazole rings is 1. The highest BCUT2D eigenvalue weighted by molar-refractivity contribution is 6.31. The minimum Gasteiger partial charge on any atom is -0.326 e. The zero-order valence-corrected chi connectivity index (χ0v) is 12.0. The van der Waals surface area contributed by atoms with Crippen molar-refractivity contribution < 1.29 is 0 Å². The SMILES string of the molecule is Cn1c(-c2cnc3ccccc3n2)nc2ccc(Cl)cc21. The second kappa shape index (κ2) is 4.53. The average molecular weight is 295 g/mol. The molecule has 0 saturated heterocycles. The van der Waals surface area contributed by atoms with Crippen LogP contribution in [0.5, 0.6) is 0 Å². The summed E-state index contributed by atoms with van der Waals surface area (Å²) in [5.74, 6) is 0.783. The van der Waals surface area contributed by atoms with Crippen molar-refractivity contribution in [1.29, 1.82) is 0 Å². The third-order valence-corrected chi connectivity index (χ3v) is 3.76. The Balaban J connectivity index is 1.97. The number of benzene rings is 2. The highest BCUT2D eigenvalue weighted by Crippen LogP contribution is 2.25. The van der Waals surface area contributed by atoms with E-state index in [9.17, 15) is 0 Å². The summed E-state index contributed by atoms with van der Waals surface area (Å²) in [6.45, 7) is 0. The lowest BCUT2D eigenvalue weighted by Gasteiger charge is -2.03. The summed E-state index contributed by atoms with van der Waals surface area (Å²) in [5.41, 5.74) is 4.37. The van der Waals surface area contributed by atoms with Crippen molar-refractivity contribution in [3.63, 3.8) is 0 Å². The van der Waals surface area contributed by atoms with Crippen LogP contribution in [0, 0.1) is 0 Å². The van der Waals surface area contributed by atoms with Gasteiger partial charge in [0.15, 0.2) is 5.82 Å². The first-order chi connectivity index (χ1) is 10.2. The van der Waals surface area contributed by atoms with Gasteiger partial charge in [-0.15, -0.1) is 0 Å². The van der Waals surface area contributed by atoms with Crippen molar-refractivity contribution in [3.05, 3.63) is 53.7 Å². The van der Waals surface area contributed by atoms with Crippen LogP contribution in [0.15, 0.2) is 48.7 Å². The summed E-state index contributed by atoms with van der Waals surface area (Å²) in [4.78, 5) is 13.7. The second-order valence-corrected chi connectivity index (χ2v) is 5.31. The number of nitrogens with zero attached hydrogens (tertiary/aromatic N) is 4. The minimum absolute atomic E-state index is 0.696. The van der Waals surface area contributed by atoms with Crippen LogP contribution in [0.2, 0.25) is 5.02 Å². The van der Waals surface area contributed by atoms with Gasteiger partial charge in [0.2, 0.25) is 0 Å².